The number of hydrogen-bond acceptors (Lipinski definition) is 3. The summed E-state index contributed by atoms with van der Waals surface area (Å²) >= 11 is 1.68. The second kappa shape index (κ2) is 5.85. The lowest BCUT2D eigenvalue weighted by Gasteiger charge is -2.25. The number of anilines is 1. The fraction of sp³-hybridized carbons (Fsp3) is 0.375. The van der Waals surface area contributed by atoms with Gasteiger partial charge in [-0.05, 0) is 60.7 Å². The summed E-state index contributed by atoms with van der Waals surface area (Å²) in [6.07, 6.45) is 2.50. The van der Waals surface area contributed by atoms with Crippen molar-refractivity contribution >= 4 is 39.0 Å². The number of benzene rings is 1. The zero-order chi connectivity index (χ0) is 14.8. The van der Waals surface area contributed by atoms with Gasteiger partial charge in [0, 0.05) is 16.3 Å². The molecule has 1 amide bonds. The molecule has 0 unspecified atom stereocenters. The third-order valence-electron chi connectivity index (χ3n) is 4.17. The fourth-order valence-corrected chi connectivity index (χ4v) is 3.66. The first-order valence-electron chi connectivity index (χ1n) is 7.14. The molecule has 1 saturated carbocycles. The molecule has 1 aromatic heterocycles. The molecule has 2 N–H and O–H groups in total. The van der Waals surface area contributed by atoms with Gasteiger partial charge < -0.3 is 10.4 Å². The van der Waals surface area contributed by atoms with E-state index >= 15 is 0 Å². The number of rotatable bonds is 3. The molecule has 4 nitrogen and oxygen atoms in total. The molecule has 1 aliphatic rings. The van der Waals surface area contributed by atoms with Crippen molar-refractivity contribution in [3.8, 4) is 0 Å². The second-order valence-corrected chi connectivity index (χ2v) is 6.50. The van der Waals surface area contributed by atoms with Crippen LogP contribution >= 0.6 is 11.3 Å². The summed E-state index contributed by atoms with van der Waals surface area (Å²) in [6, 6.07) is 7.94. The number of aliphatic carboxylic acids is 1. The third kappa shape index (κ3) is 3.08. The predicted molar refractivity (Wildman–Crippen MR) is 83.5 cm³/mol. The van der Waals surface area contributed by atoms with Crippen molar-refractivity contribution < 1.29 is 14.7 Å². The van der Waals surface area contributed by atoms with Crippen LogP contribution in [0.5, 0.6) is 0 Å². The van der Waals surface area contributed by atoms with E-state index < -0.39 is 5.97 Å². The van der Waals surface area contributed by atoms with Crippen LogP contribution in [0.4, 0.5) is 5.69 Å². The van der Waals surface area contributed by atoms with Crippen molar-refractivity contribution in [2.45, 2.75) is 25.7 Å². The molecule has 1 aromatic carbocycles. The Bertz CT molecular complexity index is 671. The van der Waals surface area contributed by atoms with Gasteiger partial charge in [0.05, 0.1) is 5.92 Å². The lowest BCUT2D eigenvalue weighted by atomic mass is 9.81. The molecule has 5 heteroatoms. The van der Waals surface area contributed by atoms with Gasteiger partial charge in [0.15, 0.2) is 0 Å². The molecule has 0 radical (unpaired) electrons. The van der Waals surface area contributed by atoms with Crippen LogP contribution in [0, 0.1) is 11.8 Å². The largest absolute Gasteiger partial charge is 0.481 e. The predicted octanol–water partition coefficient (Wildman–Crippen LogP) is 3.73. The van der Waals surface area contributed by atoms with Crippen LogP contribution < -0.4 is 5.32 Å². The van der Waals surface area contributed by atoms with Gasteiger partial charge >= 0.3 is 5.97 Å². The summed E-state index contributed by atoms with van der Waals surface area (Å²) in [5, 5.41) is 15.1. The van der Waals surface area contributed by atoms with Gasteiger partial charge in [-0.15, -0.1) is 11.3 Å². The highest BCUT2D eigenvalue weighted by atomic mass is 32.1. The molecule has 110 valence electrons. The Morgan fingerprint density at radius 2 is 1.81 bits per heavy atom. The highest BCUT2D eigenvalue weighted by Gasteiger charge is 2.29. The fourth-order valence-electron chi connectivity index (χ4n) is 2.89. The van der Waals surface area contributed by atoms with E-state index in [1.165, 1.54) is 4.70 Å². The number of thiophene rings is 1. The van der Waals surface area contributed by atoms with Crippen LogP contribution in [0.15, 0.2) is 29.6 Å². The van der Waals surface area contributed by atoms with E-state index in [1.807, 2.05) is 29.6 Å². The highest BCUT2D eigenvalue weighted by molar-refractivity contribution is 7.17. The SMILES string of the molecule is O=C(O)C1CCC(C(=O)Nc2ccc3sccc3c2)CC1. The first kappa shape index (κ1) is 14.1. The van der Waals surface area contributed by atoms with Gasteiger partial charge in [-0.25, -0.2) is 0 Å². The van der Waals surface area contributed by atoms with Gasteiger partial charge in [0.2, 0.25) is 5.91 Å². The molecule has 1 fully saturated rings. The first-order valence-corrected chi connectivity index (χ1v) is 8.02. The molecule has 21 heavy (non-hydrogen) atoms. The van der Waals surface area contributed by atoms with Crippen molar-refractivity contribution in [2.75, 3.05) is 5.32 Å². The van der Waals surface area contributed by atoms with Gasteiger partial charge in [0.1, 0.15) is 0 Å². The summed E-state index contributed by atoms with van der Waals surface area (Å²) in [6.45, 7) is 0. The van der Waals surface area contributed by atoms with Crippen molar-refractivity contribution in [3.05, 3.63) is 29.6 Å². The van der Waals surface area contributed by atoms with Gasteiger partial charge in [0.25, 0.3) is 0 Å². The molecule has 1 heterocycles. The number of hydrogen-bond donors (Lipinski definition) is 2. The molecule has 2 aromatic rings. The van der Waals surface area contributed by atoms with Crippen molar-refractivity contribution in [3.63, 3.8) is 0 Å². The number of amides is 1. The third-order valence-corrected chi connectivity index (χ3v) is 5.07. The van der Waals surface area contributed by atoms with Crippen LogP contribution in [0.3, 0.4) is 0 Å². The normalized spacial score (nSPS) is 22.1. The van der Waals surface area contributed by atoms with E-state index in [0.717, 1.165) is 11.1 Å². The van der Waals surface area contributed by atoms with Crippen molar-refractivity contribution in [1.82, 2.24) is 0 Å². The monoisotopic (exact) mass is 303 g/mol. The Morgan fingerprint density at radius 3 is 2.52 bits per heavy atom. The molecule has 3 rings (SSSR count). The molecule has 0 spiro atoms. The van der Waals surface area contributed by atoms with Crippen LogP contribution in [-0.2, 0) is 9.59 Å². The van der Waals surface area contributed by atoms with E-state index in [-0.39, 0.29) is 17.7 Å². The lowest BCUT2D eigenvalue weighted by Crippen LogP contribution is -2.29. The maximum Gasteiger partial charge on any atom is 0.306 e. The molecule has 1 aliphatic carbocycles. The Kier molecular flexibility index (Phi) is 3.92. The summed E-state index contributed by atoms with van der Waals surface area (Å²) in [7, 11) is 0. The zero-order valence-corrected chi connectivity index (χ0v) is 12.4. The average molecular weight is 303 g/mol. The average Bonchev–Trinajstić information content (AvgIpc) is 2.95. The number of fused-ring (bicyclic) bond motifs is 1. The van der Waals surface area contributed by atoms with E-state index in [1.54, 1.807) is 11.3 Å². The summed E-state index contributed by atoms with van der Waals surface area (Å²) in [5.74, 6) is -1.08. The van der Waals surface area contributed by atoms with E-state index in [9.17, 15) is 9.59 Å². The van der Waals surface area contributed by atoms with Crippen molar-refractivity contribution in [1.29, 1.82) is 0 Å². The number of carboxylic acids is 1. The van der Waals surface area contributed by atoms with E-state index in [0.29, 0.717) is 25.7 Å². The van der Waals surface area contributed by atoms with Crippen LogP contribution in [0.2, 0.25) is 0 Å². The Labute approximate surface area is 126 Å². The van der Waals surface area contributed by atoms with Gasteiger partial charge in [-0.1, -0.05) is 0 Å². The minimum Gasteiger partial charge on any atom is -0.481 e. The Balaban J connectivity index is 1.62. The summed E-state index contributed by atoms with van der Waals surface area (Å²) in [4.78, 5) is 23.2. The number of carbonyl (C=O) groups is 2. The molecule has 0 aliphatic heterocycles. The number of carboxylic acid groups (broad SMARTS) is 1. The van der Waals surface area contributed by atoms with Crippen LogP contribution in [0.25, 0.3) is 10.1 Å². The summed E-state index contributed by atoms with van der Waals surface area (Å²) in [5.41, 5.74) is 0.811. The quantitative estimate of drug-likeness (QED) is 0.908. The minimum absolute atomic E-state index is 0.00779. The molecular formula is C16H17NO3S. The number of carbonyl (C=O) groups excluding carboxylic acids is 1. The van der Waals surface area contributed by atoms with E-state index in [4.69, 9.17) is 5.11 Å². The van der Waals surface area contributed by atoms with E-state index in [2.05, 4.69) is 5.32 Å². The van der Waals surface area contributed by atoms with Crippen LogP contribution in [-0.4, -0.2) is 17.0 Å². The zero-order valence-electron chi connectivity index (χ0n) is 11.5. The summed E-state index contributed by atoms with van der Waals surface area (Å²) < 4.78 is 1.20. The Hall–Kier alpha value is -1.88. The maximum atomic E-state index is 12.3. The maximum absolute atomic E-state index is 12.3. The van der Waals surface area contributed by atoms with Crippen molar-refractivity contribution in [2.24, 2.45) is 11.8 Å². The minimum atomic E-state index is -0.739. The molecular weight excluding hydrogens is 286 g/mol. The van der Waals surface area contributed by atoms with Gasteiger partial charge in [-0.2, -0.15) is 0 Å². The second-order valence-electron chi connectivity index (χ2n) is 5.55. The number of nitrogens with one attached hydrogen (secondary N) is 1. The smallest absolute Gasteiger partial charge is 0.306 e. The first-order chi connectivity index (χ1) is 10.1. The highest BCUT2D eigenvalue weighted by Crippen LogP contribution is 2.30. The Morgan fingerprint density at radius 1 is 1.10 bits per heavy atom. The molecule has 0 atom stereocenters. The topological polar surface area (TPSA) is 66.4 Å². The molecule has 0 bridgehead atoms. The lowest BCUT2D eigenvalue weighted by molar-refractivity contribution is -0.143. The van der Waals surface area contributed by atoms with Crippen LogP contribution in [0.1, 0.15) is 25.7 Å². The standard InChI is InChI=1S/C16H17NO3S/c18-15(10-1-3-11(4-2-10)16(19)20)17-13-5-6-14-12(9-13)7-8-21-14/h5-11H,1-4H2,(H,17,18)(H,19,20). The molecule has 0 saturated heterocycles. The van der Waals surface area contributed by atoms with Gasteiger partial charge in [-0.3, -0.25) is 9.59 Å².